The molecule has 0 saturated heterocycles. The van der Waals surface area contributed by atoms with Crippen molar-refractivity contribution in [1.82, 2.24) is 14.6 Å². The predicted octanol–water partition coefficient (Wildman–Crippen LogP) is 0.950. The lowest BCUT2D eigenvalue weighted by Gasteiger charge is -1.94. The van der Waals surface area contributed by atoms with E-state index in [4.69, 9.17) is 5.73 Å². The Morgan fingerprint density at radius 2 is 2.33 bits per heavy atom. The summed E-state index contributed by atoms with van der Waals surface area (Å²) in [5.41, 5.74) is 7.27. The molecule has 0 radical (unpaired) electrons. The van der Waals surface area contributed by atoms with Crippen molar-refractivity contribution in [3.8, 4) is 0 Å². The number of fused-ring (bicyclic) bond motifs is 1. The molecule has 0 amide bonds. The molecule has 0 aliphatic heterocycles. The second kappa shape index (κ2) is 2.84. The van der Waals surface area contributed by atoms with Crippen LogP contribution in [0.5, 0.6) is 0 Å². The smallest absolute Gasteiger partial charge is 0.159 e. The van der Waals surface area contributed by atoms with E-state index in [1.54, 1.807) is 16.9 Å². The molecule has 2 N–H and O–H groups in total. The number of hydrogen-bond acceptors (Lipinski definition) is 3. The van der Waals surface area contributed by atoms with E-state index in [-0.39, 0.29) is 0 Å². The van der Waals surface area contributed by atoms with Crippen molar-refractivity contribution < 1.29 is 0 Å². The predicted molar refractivity (Wildman–Crippen MR) is 48.6 cm³/mol. The molecule has 0 spiro atoms. The zero-order chi connectivity index (χ0) is 8.55. The van der Waals surface area contributed by atoms with Gasteiger partial charge in [0.25, 0.3) is 0 Å². The van der Waals surface area contributed by atoms with Gasteiger partial charge in [-0.2, -0.15) is 5.10 Å². The van der Waals surface area contributed by atoms with E-state index in [0.717, 1.165) is 15.7 Å². The molecule has 2 rings (SSSR count). The van der Waals surface area contributed by atoms with Crippen LogP contribution in [-0.2, 0) is 6.54 Å². The van der Waals surface area contributed by atoms with Crippen LogP contribution in [0.4, 0.5) is 0 Å². The third kappa shape index (κ3) is 1.11. The van der Waals surface area contributed by atoms with Crippen molar-refractivity contribution >= 4 is 21.6 Å². The first-order valence-corrected chi connectivity index (χ1v) is 4.28. The summed E-state index contributed by atoms with van der Waals surface area (Å²) in [6.45, 7) is 0.470. The fraction of sp³-hybridized carbons (Fsp3) is 0.143. The van der Waals surface area contributed by atoms with Gasteiger partial charge in [0.2, 0.25) is 0 Å². The number of halogens is 1. The fourth-order valence-corrected chi connectivity index (χ4v) is 1.34. The van der Waals surface area contributed by atoms with Crippen LogP contribution in [0, 0.1) is 0 Å². The van der Waals surface area contributed by atoms with E-state index < -0.39 is 0 Å². The molecular weight excluding hydrogens is 220 g/mol. The summed E-state index contributed by atoms with van der Waals surface area (Å²) < 4.78 is 2.60. The second-order valence-corrected chi connectivity index (χ2v) is 3.33. The monoisotopic (exact) mass is 226 g/mol. The van der Waals surface area contributed by atoms with Crippen LogP contribution in [0.25, 0.3) is 5.65 Å². The topological polar surface area (TPSA) is 56.2 Å². The molecule has 0 unspecified atom stereocenters. The van der Waals surface area contributed by atoms with Crippen LogP contribution >= 0.6 is 15.9 Å². The molecule has 0 fully saturated rings. The SMILES string of the molecule is NCc1cnn2cc(Br)cnc12. The summed E-state index contributed by atoms with van der Waals surface area (Å²) in [6.07, 6.45) is 5.31. The number of nitrogens with two attached hydrogens (primary N) is 1. The van der Waals surface area contributed by atoms with Crippen LogP contribution in [0.15, 0.2) is 23.1 Å². The Morgan fingerprint density at radius 1 is 1.50 bits per heavy atom. The van der Waals surface area contributed by atoms with Crippen LogP contribution in [-0.4, -0.2) is 14.6 Å². The second-order valence-electron chi connectivity index (χ2n) is 2.41. The molecule has 5 heteroatoms. The molecule has 2 heterocycles. The number of nitrogens with zero attached hydrogens (tertiary/aromatic N) is 3. The quantitative estimate of drug-likeness (QED) is 0.788. The van der Waals surface area contributed by atoms with Gasteiger partial charge in [0, 0.05) is 24.5 Å². The molecule has 0 aliphatic rings. The van der Waals surface area contributed by atoms with Crippen molar-refractivity contribution in [2.45, 2.75) is 6.54 Å². The minimum Gasteiger partial charge on any atom is -0.326 e. The highest BCUT2D eigenvalue weighted by Gasteiger charge is 2.02. The maximum absolute atomic E-state index is 5.49. The van der Waals surface area contributed by atoms with Gasteiger partial charge in [-0.05, 0) is 15.9 Å². The normalized spacial score (nSPS) is 10.8. The van der Waals surface area contributed by atoms with E-state index in [0.29, 0.717) is 6.54 Å². The van der Waals surface area contributed by atoms with E-state index in [2.05, 4.69) is 26.0 Å². The molecule has 0 atom stereocenters. The lowest BCUT2D eigenvalue weighted by molar-refractivity contribution is 0.933. The van der Waals surface area contributed by atoms with Crippen LogP contribution in [0.1, 0.15) is 5.56 Å². The highest BCUT2D eigenvalue weighted by atomic mass is 79.9. The standard InChI is InChI=1S/C7H7BrN4/c8-6-3-10-7-5(1-9)2-11-12(7)4-6/h2-4H,1,9H2. The first kappa shape index (κ1) is 7.70. The number of rotatable bonds is 1. The fourth-order valence-electron chi connectivity index (χ4n) is 1.04. The third-order valence-electron chi connectivity index (χ3n) is 1.62. The summed E-state index contributed by atoms with van der Waals surface area (Å²) in [5.74, 6) is 0. The lowest BCUT2D eigenvalue weighted by atomic mass is 10.3. The van der Waals surface area contributed by atoms with Gasteiger partial charge in [0.1, 0.15) is 0 Å². The average molecular weight is 227 g/mol. The van der Waals surface area contributed by atoms with Crippen molar-refractivity contribution in [3.05, 3.63) is 28.6 Å². The Bertz CT molecular complexity index is 409. The lowest BCUT2D eigenvalue weighted by Crippen LogP contribution is -1.96. The Morgan fingerprint density at radius 3 is 3.08 bits per heavy atom. The van der Waals surface area contributed by atoms with E-state index >= 15 is 0 Å². The zero-order valence-electron chi connectivity index (χ0n) is 6.24. The zero-order valence-corrected chi connectivity index (χ0v) is 7.82. The van der Waals surface area contributed by atoms with Gasteiger partial charge in [-0.3, -0.25) is 0 Å². The minimum absolute atomic E-state index is 0.470. The largest absolute Gasteiger partial charge is 0.326 e. The molecule has 2 aromatic heterocycles. The van der Waals surface area contributed by atoms with Crippen molar-refractivity contribution in [1.29, 1.82) is 0 Å². The maximum Gasteiger partial charge on any atom is 0.159 e. The highest BCUT2D eigenvalue weighted by molar-refractivity contribution is 9.10. The summed E-state index contributed by atoms with van der Waals surface area (Å²) in [4.78, 5) is 4.19. The summed E-state index contributed by atoms with van der Waals surface area (Å²) >= 11 is 3.31. The van der Waals surface area contributed by atoms with Crippen molar-refractivity contribution in [3.63, 3.8) is 0 Å². The molecule has 12 heavy (non-hydrogen) atoms. The number of hydrogen-bond donors (Lipinski definition) is 1. The molecule has 62 valence electrons. The number of aromatic nitrogens is 3. The van der Waals surface area contributed by atoms with Gasteiger partial charge in [-0.1, -0.05) is 0 Å². The van der Waals surface area contributed by atoms with Gasteiger partial charge in [-0.25, -0.2) is 9.50 Å². The summed E-state index contributed by atoms with van der Waals surface area (Å²) in [7, 11) is 0. The van der Waals surface area contributed by atoms with E-state index in [1.807, 2.05) is 6.20 Å². The van der Waals surface area contributed by atoms with Crippen molar-refractivity contribution in [2.75, 3.05) is 0 Å². The molecule has 0 bridgehead atoms. The molecule has 0 aromatic carbocycles. The Balaban J connectivity index is 2.73. The summed E-state index contributed by atoms with van der Waals surface area (Å²) in [6, 6.07) is 0. The third-order valence-corrected chi connectivity index (χ3v) is 2.03. The van der Waals surface area contributed by atoms with Crippen molar-refractivity contribution in [2.24, 2.45) is 5.73 Å². The van der Waals surface area contributed by atoms with E-state index in [9.17, 15) is 0 Å². The molecule has 0 saturated carbocycles. The van der Waals surface area contributed by atoms with Crippen LogP contribution in [0.3, 0.4) is 0 Å². The molecule has 4 nitrogen and oxygen atoms in total. The van der Waals surface area contributed by atoms with E-state index in [1.165, 1.54) is 0 Å². The molecule has 0 aliphatic carbocycles. The first-order valence-electron chi connectivity index (χ1n) is 3.49. The van der Waals surface area contributed by atoms with Crippen LogP contribution < -0.4 is 5.73 Å². The maximum atomic E-state index is 5.49. The van der Waals surface area contributed by atoms with Gasteiger partial charge < -0.3 is 5.73 Å². The van der Waals surface area contributed by atoms with Gasteiger partial charge in [-0.15, -0.1) is 0 Å². The Hall–Kier alpha value is -0.940. The van der Waals surface area contributed by atoms with Crippen LogP contribution in [0.2, 0.25) is 0 Å². The molecular formula is C7H7BrN4. The Labute approximate surface area is 77.5 Å². The minimum atomic E-state index is 0.470. The molecule has 2 aromatic rings. The van der Waals surface area contributed by atoms with Gasteiger partial charge in [0.05, 0.1) is 10.7 Å². The summed E-state index contributed by atoms with van der Waals surface area (Å²) in [5, 5.41) is 4.09. The average Bonchev–Trinajstić information content (AvgIpc) is 2.46. The first-order chi connectivity index (χ1) is 5.81. The van der Waals surface area contributed by atoms with Gasteiger partial charge >= 0.3 is 0 Å². The highest BCUT2D eigenvalue weighted by Crippen LogP contribution is 2.11. The Kier molecular flexibility index (Phi) is 1.82. The van der Waals surface area contributed by atoms with Gasteiger partial charge in [0.15, 0.2) is 5.65 Å².